The first-order valence-corrected chi connectivity index (χ1v) is 9.37. The van der Waals surface area contributed by atoms with Gasteiger partial charge in [0.1, 0.15) is 5.76 Å². The zero-order valence-electron chi connectivity index (χ0n) is 13.9. The van der Waals surface area contributed by atoms with Crippen molar-refractivity contribution >= 4 is 17.8 Å². The van der Waals surface area contributed by atoms with Gasteiger partial charge in [0, 0.05) is 37.6 Å². The van der Waals surface area contributed by atoms with Crippen molar-refractivity contribution in [1.82, 2.24) is 15.1 Å². The largest absolute Gasteiger partial charge is 0.468 e. The Morgan fingerprint density at radius 3 is 2.75 bits per heavy atom. The fourth-order valence-electron chi connectivity index (χ4n) is 2.80. The standard InChI is InChI=1S/C18H23N3O2S/c1-24-17-6-2-4-15(12-17)13-19-18(22)21-9-7-20(8-10-21)14-16-5-3-11-23-16/h2-6,11-12H,7-10,13-14H2,1H3,(H,19,22). The van der Waals surface area contributed by atoms with Crippen LogP contribution >= 0.6 is 11.8 Å². The zero-order chi connectivity index (χ0) is 16.8. The van der Waals surface area contributed by atoms with Crippen LogP contribution in [0.4, 0.5) is 4.79 Å². The molecule has 24 heavy (non-hydrogen) atoms. The lowest BCUT2D eigenvalue weighted by Gasteiger charge is -2.34. The van der Waals surface area contributed by atoms with E-state index in [2.05, 4.69) is 28.6 Å². The van der Waals surface area contributed by atoms with E-state index in [-0.39, 0.29) is 6.03 Å². The van der Waals surface area contributed by atoms with Gasteiger partial charge in [-0.1, -0.05) is 12.1 Å². The summed E-state index contributed by atoms with van der Waals surface area (Å²) in [5.74, 6) is 0.974. The summed E-state index contributed by atoms with van der Waals surface area (Å²) < 4.78 is 5.38. The van der Waals surface area contributed by atoms with Crippen molar-refractivity contribution in [1.29, 1.82) is 0 Å². The minimum absolute atomic E-state index is 0.0159. The second-order valence-electron chi connectivity index (χ2n) is 5.85. The van der Waals surface area contributed by atoms with Crippen LogP contribution in [0.1, 0.15) is 11.3 Å². The Balaban J connectivity index is 1.43. The second kappa shape index (κ2) is 8.26. The predicted octanol–water partition coefficient (Wildman–Crippen LogP) is 3.03. The van der Waals surface area contributed by atoms with Gasteiger partial charge in [-0.15, -0.1) is 11.8 Å². The number of hydrogen-bond donors (Lipinski definition) is 1. The van der Waals surface area contributed by atoms with Gasteiger partial charge in [0.2, 0.25) is 0 Å². The number of furan rings is 1. The smallest absolute Gasteiger partial charge is 0.317 e. The van der Waals surface area contributed by atoms with Crippen LogP contribution in [0.15, 0.2) is 52.0 Å². The minimum Gasteiger partial charge on any atom is -0.468 e. The number of hydrogen-bond acceptors (Lipinski definition) is 4. The molecule has 1 fully saturated rings. The van der Waals surface area contributed by atoms with Gasteiger partial charge in [-0.2, -0.15) is 0 Å². The van der Waals surface area contributed by atoms with Gasteiger partial charge >= 0.3 is 6.03 Å². The van der Waals surface area contributed by atoms with Crippen molar-refractivity contribution in [2.45, 2.75) is 18.0 Å². The van der Waals surface area contributed by atoms with Crippen LogP contribution < -0.4 is 5.32 Å². The number of piperazine rings is 1. The van der Waals surface area contributed by atoms with Crippen LogP contribution in [0.5, 0.6) is 0 Å². The third-order valence-electron chi connectivity index (χ3n) is 4.20. The van der Waals surface area contributed by atoms with E-state index in [1.807, 2.05) is 29.2 Å². The molecule has 0 unspecified atom stereocenters. The van der Waals surface area contributed by atoms with Crippen molar-refractivity contribution < 1.29 is 9.21 Å². The Morgan fingerprint density at radius 2 is 2.04 bits per heavy atom. The first kappa shape index (κ1) is 16.9. The Morgan fingerprint density at radius 1 is 1.21 bits per heavy atom. The van der Waals surface area contributed by atoms with E-state index in [1.54, 1.807) is 18.0 Å². The summed E-state index contributed by atoms with van der Waals surface area (Å²) in [5.41, 5.74) is 1.13. The van der Waals surface area contributed by atoms with Gasteiger partial charge in [-0.3, -0.25) is 4.90 Å². The Hall–Kier alpha value is -1.92. The topological polar surface area (TPSA) is 48.7 Å². The number of carbonyl (C=O) groups excluding carboxylic acids is 1. The zero-order valence-corrected chi connectivity index (χ0v) is 14.7. The van der Waals surface area contributed by atoms with E-state index in [4.69, 9.17) is 4.42 Å². The highest BCUT2D eigenvalue weighted by Crippen LogP contribution is 2.16. The monoisotopic (exact) mass is 345 g/mol. The molecule has 0 bridgehead atoms. The number of urea groups is 1. The highest BCUT2D eigenvalue weighted by molar-refractivity contribution is 7.98. The lowest BCUT2D eigenvalue weighted by Crippen LogP contribution is -2.51. The molecule has 2 amide bonds. The summed E-state index contributed by atoms with van der Waals surface area (Å²) in [5, 5.41) is 3.02. The summed E-state index contributed by atoms with van der Waals surface area (Å²) in [6.07, 6.45) is 3.75. The van der Waals surface area contributed by atoms with Crippen LogP contribution in [0.25, 0.3) is 0 Å². The SMILES string of the molecule is CSc1cccc(CNC(=O)N2CCN(Cc3ccco3)CC2)c1. The lowest BCUT2D eigenvalue weighted by atomic mass is 10.2. The Kier molecular flexibility index (Phi) is 5.82. The molecule has 0 radical (unpaired) electrons. The molecule has 0 atom stereocenters. The molecule has 5 nitrogen and oxygen atoms in total. The highest BCUT2D eigenvalue weighted by Gasteiger charge is 2.21. The maximum Gasteiger partial charge on any atom is 0.317 e. The van der Waals surface area contributed by atoms with Crippen LogP contribution in [-0.4, -0.2) is 48.3 Å². The van der Waals surface area contributed by atoms with Gasteiger partial charge < -0.3 is 14.6 Å². The highest BCUT2D eigenvalue weighted by atomic mass is 32.2. The summed E-state index contributed by atoms with van der Waals surface area (Å²) in [4.78, 5) is 17.7. The maximum atomic E-state index is 12.3. The third-order valence-corrected chi connectivity index (χ3v) is 4.92. The first-order valence-electron chi connectivity index (χ1n) is 8.15. The Labute approximate surface area is 147 Å². The number of carbonyl (C=O) groups is 1. The van der Waals surface area contributed by atoms with Crippen molar-refractivity contribution in [3.63, 3.8) is 0 Å². The van der Waals surface area contributed by atoms with Gasteiger partial charge in [-0.25, -0.2) is 4.79 Å². The summed E-state index contributed by atoms with van der Waals surface area (Å²) in [7, 11) is 0. The molecule has 1 aliphatic heterocycles. The number of nitrogens with zero attached hydrogens (tertiary/aromatic N) is 2. The molecular weight excluding hydrogens is 322 g/mol. The molecule has 0 saturated carbocycles. The van der Waals surface area contributed by atoms with Crippen molar-refractivity contribution in [3.8, 4) is 0 Å². The van der Waals surface area contributed by atoms with Gasteiger partial charge in [-0.05, 0) is 36.1 Å². The molecular formula is C18H23N3O2S. The Bertz CT molecular complexity index is 652. The molecule has 2 aromatic rings. The second-order valence-corrected chi connectivity index (χ2v) is 6.73. The van der Waals surface area contributed by atoms with Crippen molar-refractivity contribution in [3.05, 3.63) is 54.0 Å². The molecule has 3 rings (SSSR count). The quantitative estimate of drug-likeness (QED) is 0.846. The number of amides is 2. The van der Waals surface area contributed by atoms with Crippen LogP contribution in [0.2, 0.25) is 0 Å². The summed E-state index contributed by atoms with van der Waals surface area (Å²) in [6, 6.07) is 12.2. The first-order chi connectivity index (χ1) is 11.7. The van der Waals surface area contributed by atoms with E-state index < -0.39 is 0 Å². The lowest BCUT2D eigenvalue weighted by molar-refractivity contribution is 0.130. The van der Waals surface area contributed by atoms with E-state index >= 15 is 0 Å². The van der Waals surface area contributed by atoms with E-state index in [1.165, 1.54) is 4.90 Å². The molecule has 2 heterocycles. The molecule has 1 N–H and O–H groups in total. The molecule has 128 valence electrons. The van der Waals surface area contributed by atoms with Crippen LogP contribution in [-0.2, 0) is 13.1 Å². The average molecular weight is 345 g/mol. The number of thioether (sulfide) groups is 1. The maximum absolute atomic E-state index is 12.3. The van der Waals surface area contributed by atoms with E-state index in [0.29, 0.717) is 6.54 Å². The van der Waals surface area contributed by atoms with Crippen molar-refractivity contribution in [2.24, 2.45) is 0 Å². The van der Waals surface area contributed by atoms with Gasteiger partial charge in [0.15, 0.2) is 0 Å². The third kappa shape index (κ3) is 4.55. The number of benzene rings is 1. The fourth-order valence-corrected chi connectivity index (χ4v) is 3.29. The summed E-state index contributed by atoms with van der Waals surface area (Å²) >= 11 is 1.71. The van der Waals surface area contributed by atoms with Crippen molar-refractivity contribution in [2.75, 3.05) is 32.4 Å². The minimum atomic E-state index is 0.0159. The average Bonchev–Trinajstić information content (AvgIpc) is 3.13. The van der Waals surface area contributed by atoms with Gasteiger partial charge in [0.05, 0.1) is 12.8 Å². The normalized spacial score (nSPS) is 15.5. The molecule has 0 aliphatic carbocycles. The fraction of sp³-hybridized carbons (Fsp3) is 0.389. The molecule has 0 spiro atoms. The van der Waals surface area contributed by atoms with E-state index in [0.717, 1.165) is 44.0 Å². The predicted molar refractivity (Wildman–Crippen MR) is 96.0 cm³/mol. The molecule has 1 aliphatic rings. The van der Waals surface area contributed by atoms with Crippen LogP contribution in [0.3, 0.4) is 0 Å². The molecule has 1 aromatic carbocycles. The van der Waals surface area contributed by atoms with E-state index in [9.17, 15) is 4.79 Å². The number of rotatable bonds is 5. The molecule has 6 heteroatoms. The van der Waals surface area contributed by atoms with Gasteiger partial charge in [0.25, 0.3) is 0 Å². The number of nitrogens with one attached hydrogen (secondary N) is 1. The van der Waals surface area contributed by atoms with Crippen LogP contribution in [0, 0.1) is 0 Å². The molecule has 1 saturated heterocycles. The summed E-state index contributed by atoms with van der Waals surface area (Å²) in [6.45, 7) is 4.62. The molecule has 1 aromatic heterocycles.